The molecule has 0 aliphatic rings. The van der Waals surface area contributed by atoms with Gasteiger partial charge in [-0.1, -0.05) is 48.0 Å². The van der Waals surface area contributed by atoms with E-state index in [9.17, 15) is 16.8 Å². The van der Waals surface area contributed by atoms with Crippen molar-refractivity contribution < 1.29 is 21.3 Å². The second-order valence-electron chi connectivity index (χ2n) is 8.17. The van der Waals surface area contributed by atoms with Crippen LogP contribution >= 0.6 is 0 Å². The molecular weight excluding hydrogens is 498 g/mol. The largest absolute Gasteiger partial charge is 0.459 e. The molecule has 0 unspecified atom stereocenters. The maximum Gasteiger partial charge on any atom is 0.243 e. The van der Waals surface area contributed by atoms with Crippen molar-refractivity contribution in [3.8, 4) is 0 Å². The van der Waals surface area contributed by atoms with Crippen molar-refractivity contribution >= 4 is 31.9 Å². The Kier molecular flexibility index (Phi) is 7.51. The molecule has 1 heterocycles. The number of hydrogen-bond acceptors (Lipinski definition) is 6. The lowest BCUT2D eigenvalue weighted by Crippen LogP contribution is -2.30. The Morgan fingerprint density at radius 2 is 1.44 bits per heavy atom. The number of hydrogen-bond donors (Lipinski definition) is 1. The van der Waals surface area contributed by atoms with Crippen LogP contribution in [0.4, 0.5) is 5.69 Å². The molecule has 4 rings (SSSR count). The predicted octanol–water partition coefficient (Wildman–Crippen LogP) is 4.38. The summed E-state index contributed by atoms with van der Waals surface area (Å²) in [4.78, 5) is 4.48. The van der Waals surface area contributed by atoms with Crippen LogP contribution in [0.25, 0.3) is 0 Å². The molecule has 0 atom stereocenters. The zero-order valence-corrected chi connectivity index (χ0v) is 21.1. The van der Waals surface area contributed by atoms with Crippen molar-refractivity contribution in [1.29, 1.82) is 0 Å². The van der Waals surface area contributed by atoms with Crippen molar-refractivity contribution in [3.05, 3.63) is 114 Å². The van der Waals surface area contributed by atoms with E-state index in [0.717, 1.165) is 11.1 Å². The van der Waals surface area contributed by atoms with E-state index in [1.54, 1.807) is 36.4 Å². The molecule has 0 saturated heterocycles. The number of aryl methyl sites for hydroxylation is 1. The lowest BCUT2D eigenvalue weighted by molar-refractivity contribution is 0.357. The molecule has 186 valence electrons. The molecule has 0 amide bonds. The lowest BCUT2D eigenvalue weighted by Gasteiger charge is -2.21. The molecule has 36 heavy (non-hydrogen) atoms. The zero-order chi connectivity index (χ0) is 25.8. The molecule has 8 nitrogen and oxygen atoms in total. The quantitative estimate of drug-likeness (QED) is 0.326. The fraction of sp³-hybridized carbons (Fsp3) is 0.115. The highest BCUT2D eigenvalue weighted by Gasteiger charge is 2.26. The van der Waals surface area contributed by atoms with Crippen LogP contribution in [0, 0.1) is 6.92 Å². The third-order valence-electron chi connectivity index (χ3n) is 5.38. The zero-order valence-electron chi connectivity index (χ0n) is 19.5. The van der Waals surface area contributed by atoms with Crippen molar-refractivity contribution in [1.82, 2.24) is 4.31 Å². The smallest absolute Gasteiger partial charge is 0.243 e. The van der Waals surface area contributed by atoms with Crippen LogP contribution in [0.3, 0.4) is 0 Å². The number of furan rings is 1. The molecule has 3 aromatic carbocycles. The van der Waals surface area contributed by atoms with E-state index in [2.05, 4.69) is 4.99 Å². The monoisotopic (exact) mass is 523 g/mol. The molecule has 0 aliphatic heterocycles. The van der Waals surface area contributed by atoms with E-state index in [-0.39, 0.29) is 22.9 Å². The first kappa shape index (κ1) is 25.5. The average molecular weight is 524 g/mol. The summed E-state index contributed by atoms with van der Waals surface area (Å²) >= 11 is 0. The molecule has 0 fully saturated rings. The summed E-state index contributed by atoms with van der Waals surface area (Å²) in [7, 11) is -7.57. The second kappa shape index (κ2) is 10.6. The van der Waals surface area contributed by atoms with Gasteiger partial charge in [0.1, 0.15) is 11.5 Å². The summed E-state index contributed by atoms with van der Waals surface area (Å²) in [6.07, 6.45) is 1.48. The summed E-state index contributed by atoms with van der Waals surface area (Å²) < 4.78 is 56.9. The van der Waals surface area contributed by atoms with Crippen LogP contribution in [-0.2, 0) is 33.1 Å². The van der Waals surface area contributed by atoms with E-state index in [1.807, 2.05) is 37.3 Å². The third-order valence-corrected chi connectivity index (χ3v) is 8.12. The second-order valence-corrected chi connectivity index (χ2v) is 11.7. The predicted molar refractivity (Wildman–Crippen MR) is 138 cm³/mol. The van der Waals surface area contributed by atoms with E-state index < -0.39 is 20.0 Å². The van der Waals surface area contributed by atoms with Crippen LogP contribution in [0.1, 0.15) is 22.6 Å². The normalized spacial score (nSPS) is 12.4. The fourth-order valence-electron chi connectivity index (χ4n) is 3.45. The van der Waals surface area contributed by atoms with E-state index in [1.165, 1.54) is 34.8 Å². The van der Waals surface area contributed by atoms with Gasteiger partial charge >= 0.3 is 0 Å². The van der Waals surface area contributed by atoms with Crippen LogP contribution in [0.2, 0.25) is 0 Å². The minimum atomic E-state index is -3.80. The molecule has 10 heteroatoms. The van der Waals surface area contributed by atoms with Gasteiger partial charge in [0.25, 0.3) is 0 Å². The number of aliphatic imine (C=N–C) groups is 1. The summed E-state index contributed by atoms with van der Waals surface area (Å²) in [5.41, 5.74) is 2.33. The highest BCUT2D eigenvalue weighted by atomic mass is 32.2. The Bertz CT molecular complexity index is 1560. The highest BCUT2D eigenvalue weighted by molar-refractivity contribution is 7.89. The molecule has 0 radical (unpaired) electrons. The van der Waals surface area contributed by atoms with E-state index in [0.29, 0.717) is 17.2 Å². The number of nitrogens with zero attached hydrogens (tertiary/aromatic N) is 2. The summed E-state index contributed by atoms with van der Waals surface area (Å²) in [6, 6.07) is 25.3. The Labute approximate surface area is 210 Å². The summed E-state index contributed by atoms with van der Waals surface area (Å²) in [6.45, 7) is 2.11. The van der Waals surface area contributed by atoms with Gasteiger partial charge in [-0.2, -0.15) is 4.31 Å². The van der Waals surface area contributed by atoms with Crippen LogP contribution in [0.5, 0.6) is 0 Å². The number of primary sulfonamides is 1. The Morgan fingerprint density at radius 3 is 2.08 bits per heavy atom. The first-order valence-electron chi connectivity index (χ1n) is 11.0. The van der Waals surface area contributed by atoms with E-state index in [4.69, 9.17) is 9.56 Å². The first-order chi connectivity index (χ1) is 17.1. The van der Waals surface area contributed by atoms with Gasteiger partial charge in [0.2, 0.25) is 20.0 Å². The highest BCUT2D eigenvalue weighted by Crippen LogP contribution is 2.23. The standard InChI is InChI=1S/C26H25N3O5S2/c1-20-7-13-26(14-8-20)36(32,33)29(18-21-5-3-2-4-6-21)19-24-12-11-23(34-24)17-28-22-9-15-25(16-10-22)35(27,30)31/h2-17H,18-19H2,1H3,(H2,27,30,31). The molecule has 0 saturated carbocycles. The van der Waals surface area contributed by atoms with Gasteiger partial charge < -0.3 is 4.42 Å². The Hall–Kier alpha value is -3.57. The van der Waals surface area contributed by atoms with Crippen LogP contribution < -0.4 is 5.14 Å². The molecule has 0 bridgehead atoms. The van der Waals surface area contributed by atoms with Gasteiger partial charge in [0, 0.05) is 6.54 Å². The summed E-state index contributed by atoms with van der Waals surface area (Å²) in [5, 5.41) is 5.11. The van der Waals surface area contributed by atoms with Crippen molar-refractivity contribution in [2.45, 2.75) is 29.8 Å². The van der Waals surface area contributed by atoms with Crippen molar-refractivity contribution in [2.75, 3.05) is 0 Å². The topological polar surface area (TPSA) is 123 Å². The third kappa shape index (κ3) is 6.35. The molecule has 0 aliphatic carbocycles. The van der Waals surface area contributed by atoms with Gasteiger partial charge in [-0.05, 0) is 61.0 Å². The maximum atomic E-state index is 13.5. The minimum Gasteiger partial charge on any atom is -0.459 e. The van der Waals surface area contributed by atoms with Gasteiger partial charge in [-0.15, -0.1) is 0 Å². The van der Waals surface area contributed by atoms with Gasteiger partial charge in [-0.3, -0.25) is 4.99 Å². The Morgan fingerprint density at radius 1 is 0.806 bits per heavy atom. The number of sulfonamides is 2. The fourth-order valence-corrected chi connectivity index (χ4v) is 5.36. The van der Waals surface area contributed by atoms with E-state index >= 15 is 0 Å². The van der Waals surface area contributed by atoms with Gasteiger partial charge in [-0.25, -0.2) is 22.0 Å². The van der Waals surface area contributed by atoms with Crippen molar-refractivity contribution in [2.24, 2.45) is 10.1 Å². The van der Waals surface area contributed by atoms with Crippen LogP contribution in [0.15, 0.2) is 110 Å². The molecule has 4 aromatic rings. The lowest BCUT2D eigenvalue weighted by atomic mass is 10.2. The molecule has 2 N–H and O–H groups in total. The molecular formula is C26H25N3O5S2. The minimum absolute atomic E-state index is 0.00460. The molecule has 1 aromatic heterocycles. The SMILES string of the molecule is Cc1ccc(S(=O)(=O)N(Cc2ccccc2)Cc2ccc(C=Nc3ccc(S(N)(=O)=O)cc3)o2)cc1. The molecule has 0 spiro atoms. The average Bonchev–Trinajstić information content (AvgIpc) is 3.30. The summed E-state index contributed by atoms with van der Waals surface area (Å²) in [5.74, 6) is 0.876. The van der Waals surface area contributed by atoms with Crippen LogP contribution in [-0.4, -0.2) is 27.4 Å². The van der Waals surface area contributed by atoms with Gasteiger partial charge in [0.15, 0.2) is 0 Å². The van der Waals surface area contributed by atoms with Crippen molar-refractivity contribution in [3.63, 3.8) is 0 Å². The maximum absolute atomic E-state index is 13.5. The first-order valence-corrected chi connectivity index (χ1v) is 14.0. The Balaban J connectivity index is 1.55. The number of nitrogens with two attached hydrogens (primary N) is 1. The number of rotatable bonds is 9. The number of benzene rings is 3. The van der Waals surface area contributed by atoms with Gasteiger partial charge in [0.05, 0.1) is 28.2 Å².